The Balaban J connectivity index is 1.21. The summed E-state index contributed by atoms with van der Waals surface area (Å²) in [4.78, 5) is 15.1. The van der Waals surface area contributed by atoms with Gasteiger partial charge < -0.3 is 24.4 Å². The van der Waals surface area contributed by atoms with Gasteiger partial charge in [0, 0.05) is 24.0 Å². The van der Waals surface area contributed by atoms with E-state index in [0.29, 0.717) is 43.3 Å². The molecule has 1 N–H and O–H groups in total. The average molecular weight is 549 g/mol. The van der Waals surface area contributed by atoms with E-state index < -0.39 is 0 Å². The van der Waals surface area contributed by atoms with Crippen molar-refractivity contribution in [3.05, 3.63) is 88.9 Å². The third-order valence-electron chi connectivity index (χ3n) is 7.71. The van der Waals surface area contributed by atoms with Gasteiger partial charge in [-0.05, 0) is 65.8 Å². The van der Waals surface area contributed by atoms with Crippen molar-refractivity contribution in [2.75, 3.05) is 49.7 Å². The molecular weight excluding hydrogens is 512 g/mol. The van der Waals surface area contributed by atoms with Crippen LogP contribution in [0.2, 0.25) is 5.02 Å². The van der Waals surface area contributed by atoms with Crippen LogP contribution in [0, 0.1) is 11.8 Å². The van der Waals surface area contributed by atoms with Crippen LogP contribution >= 0.6 is 11.6 Å². The van der Waals surface area contributed by atoms with Crippen LogP contribution in [0.4, 0.5) is 11.4 Å². The predicted octanol–water partition coefficient (Wildman–Crippen LogP) is 6.71. The fourth-order valence-electron chi connectivity index (χ4n) is 5.57. The Morgan fingerprint density at radius 1 is 1.03 bits per heavy atom. The van der Waals surface area contributed by atoms with Gasteiger partial charge in [0.15, 0.2) is 6.61 Å². The molecule has 0 unspecified atom stereocenters. The van der Waals surface area contributed by atoms with E-state index in [9.17, 15) is 4.79 Å². The van der Waals surface area contributed by atoms with Crippen LogP contribution in [0.1, 0.15) is 43.4 Å². The lowest BCUT2D eigenvalue weighted by atomic mass is 9.76. The van der Waals surface area contributed by atoms with Crippen molar-refractivity contribution in [2.45, 2.75) is 32.3 Å². The van der Waals surface area contributed by atoms with Gasteiger partial charge in [0.2, 0.25) is 0 Å². The molecule has 7 heteroatoms. The first-order valence-corrected chi connectivity index (χ1v) is 14.2. The molecule has 0 radical (unpaired) electrons. The van der Waals surface area contributed by atoms with Crippen LogP contribution in [-0.2, 0) is 14.3 Å². The van der Waals surface area contributed by atoms with Crippen molar-refractivity contribution >= 4 is 28.9 Å². The number of amides is 1. The zero-order valence-electron chi connectivity index (χ0n) is 22.6. The first-order valence-electron chi connectivity index (χ1n) is 13.8. The quantitative estimate of drug-likeness (QED) is 0.339. The molecule has 2 heterocycles. The number of morpholine rings is 1. The summed E-state index contributed by atoms with van der Waals surface area (Å²) < 4.78 is 17.9. The molecule has 2 fully saturated rings. The number of anilines is 2. The number of carbonyl (C=O) groups is 1. The van der Waals surface area contributed by atoms with E-state index in [4.69, 9.17) is 25.8 Å². The van der Waals surface area contributed by atoms with E-state index in [-0.39, 0.29) is 18.6 Å². The zero-order chi connectivity index (χ0) is 27.2. The molecule has 206 valence electrons. The highest BCUT2D eigenvalue weighted by Gasteiger charge is 2.35. The summed E-state index contributed by atoms with van der Waals surface area (Å²) in [7, 11) is 0. The molecule has 3 atom stereocenters. The van der Waals surface area contributed by atoms with Crippen molar-refractivity contribution in [1.29, 1.82) is 0 Å². The Morgan fingerprint density at radius 2 is 1.79 bits per heavy atom. The molecule has 0 bridgehead atoms. The molecule has 0 saturated carbocycles. The predicted molar refractivity (Wildman–Crippen MR) is 156 cm³/mol. The van der Waals surface area contributed by atoms with E-state index in [1.165, 1.54) is 5.56 Å². The normalized spacial score (nSPS) is 21.5. The van der Waals surface area contributed by atoms with E-state index in [0.717, 1.165) is 41.5 Å². The van der Waals surface area contributed by atoms with Crippen molar-refractivity contribution in [3.63, 3.8) is 0 Å². The summed E-state index contributed by atoms with van der Waals surface area (Å²) >= 11 is 6.10. The van der Waals surface area contributed by atoms with Crippen LogP contribution in [-0.4, -0.2) is 45.4 Å². The van der Waals surface area contributed by atoms with Crippen LogP contribution in [0.15, 0.2) is 72.8 Å². The maximum Gasteiger partial charge on any atom is 0.262 e. The lowest BCUT2D eigenvalue weighted by Crippen LogP contribution is -2.37. The molecule has 1 amide bonds. The fourth-order valence-corrected chi connectivity index (χ4v) is 5.70. The Morgan fingerprint density at radius 3 is 2.56 bits per heavy atom. The van der Waals surface area contributed by atoms with Gasteiger partial charge in [-0.25, -0.2) is 0 Å². The summed E-state index contributed by atoms with van der Waals surface area (Å²) in [6, 6.07) is 23.9. The number of ether oxygens (including phenoxy) is 3. The molecule has 2 aliphatic rings. The Bertz CT molecular complexity index is 1240. The molecule has 6 nitrogen and oxygen atoms in total. The molecule has 0 aromatic heterocycles. The maximum atomic E-state index is 12.8. The van der Waals surface area contributed by atoms with Crippen molar-refractivity contribution in [2.24, 2.45) is 11.8 Å². The van der Waals surface area contributed by atoms with Crippen LogP contribution in [0.3, 0.4) is 0 Å². The van der Waals surface area contributed by atoms with Crippen LogP contribution in [0.5, 0.6) is 5.75 Å². The van der Waals surface area contributed by atoms with Gasteiger partial charge in [0.1, 0.15) is 5.75 Å². The van der Waals surface area contributed by atoms with Gasteiger partial charge in [0.25, 0.3) is 5.91 Å². The summed E-state index contributed by atoms with van der Waals surface area (Å²) in [6.45, 7) is 8.08. The summed E-state index contributed by atoms with van der Waals surface area (Å²) in [5.74, 6) is 1.62. The first kappa shape index (κ1) is 27.5. The third kappa shape index (κ3) is 6.93. The number of nitrogens with zero attached hydrogens (tertiary/aromatic N) is 1. The number of hydrogen-bond acceptors (Lipinski definition) is 5. The molecule has 2 saturated heterocycles. The Kier molecular flexibility index (Phi) is 9.07. The fraction of sp³-hybridized carbons (Fsp3) is 0.406. The number of halogens is 1. The van der Waals surface area contributed by atoms with Crippen LogP contribution in [0.25, 0.3) is 0 Å². The van der Waals surface area contributed by atoms with Gasteiger partial charge in [-0.2, -0.15) is 0 Å². The summed E-state index contributed by atoms with van der Waals surface area (Å²) in [5, 5.41) is 3.77. The lowest BCUT2D eigenvalue weighted by Gasteiger charge is -2.39. The van der Waals surface area contributed by atoms with E-state index in [1.807, 2.05) is 54.6 Å². The van der Waals surface area contributed by atoms with Crippen molar-refractivity contribution in [1.82, 2.24) is 0 Å². The molecule has 2 aliphatic heterocycles. The van der Waals surface area contributed by atoms with Gasteiger partial charge in [-0.1, -0.05) is 61.8 Å². The molecule has 3 aromatic rings. The lowest BCUT2D eigenvalue weighted by molar-refractivity contribution is -0.118. The van der Waals surface area contributed by atoms with Crippen molar-refractivity contribution < 1.29 is 19.0 Å². The number of carbonyl (C=O) groups excluding carboxylic acids is 1. The zero-order valence-corrected chi connectivity index (χ0v) is 23.4. The monoisotopic (exact) mass is 548 g/mol. The highest BCUT2D eigenvalue weighted by Crippen LogP contribution is 2.44. The average Bonchev–Trinajstić information content (AvgIpc) is 2.97. The molecule has 0 aliphatic carbocycles. The van der Waals surface area contributed by atoms with Gasteiger partial charge >= 0.3 is 0 Å². The Labute approximate surface area is 236 Å². The topological polar surface area (TPSA) is 60.0 Å². The van der Waals surface area contributed by atoms with E-state index in [1.54, 1.807) is 0 Å². The van der Waals surface area contributed by atoms with Crippen LogP contribution < -0.4 is 15.0 Å². The highest BCUT2D eigenvalue weighted by atomic mass is 35.5. The van der Waals surface area contributed by atoms with Gasteiger partial charge in [0.05, 0.1) is 37.3 Å². The molecular formula is C32H37ClN2O4. The van der Waals surface area contributed by atoms with E-state index >= 15 is 0 Å². The van der Waals surface area contributed by atoms with Gasteiger partial charge in [-0.15, -0.1) is 0 Å². The number of para-hydroxylation sites is 2. The molecule has 39 heavy (non-hydrogen) atoms. The standard InChI is InChI=1S/C32H37ClN2O4/c1-22(2)28-19-25(23-10-12-26(33)13-11-23)20-39-32(28)24-6-5-7-27(18-24)38-21-31(36)34-29-8-3-4-9-30(29)35-14-16-37-17-15-35/h3-13,18,22,25,28,32H,14-17,19-21H2,1-2H3,(H,34,36)/t25-,28-,32-/m0/s1. The minimum absolute atomic E-state index is 0.0219. The second-order valence-corrected chi connectivity index (χ2v) is 11.1. The number of rotatable bonds is 8. The number of hydrogen-bond donors (Lipinski definition) is 1. The largest absolute Gasteiger partial charge is 0.484 e. The highest BCUT2D eigenvalue weighted by molar-refractivity contribution is 6.30. The maximum absolute atomic E-state index is 12.8. The number of nitrogens with one attached hydrogen (secondary N) is 1. The smallest absolute Gasteiger partial charge is 0.262 e. The molecule has 0 spiro atoms. The van der Waals surface area contributed by atoms with E-state index in [2.05, 4.69) is 42.3 Å². The third-order valence-corrected chi connectivity index (χ3v) is 7.96. The number of benzene rings is 3. The minimum Gasteiger partial charge on any atom is -0.484 e. The SMILES string of the molecule is CC(C)[C@@H]1C[C@H](c2ccc(Cl)cc2)CO[C@H]1c1cccc(OCC(=O)Nc2ccccc2N2CCOCC2)c1. The Hall–Kier alpha value is -3.06. The second-order valence-electron chi connectivity index (χ2n) is 10.7. The summed E-state index contributed by atoms with van der Waals surface area (Å²) in [5.41, 5.74) is 4.13. The summed E-state index contributed by atoms with van der Waals surface area (Å²) in [6.07, 6.45) is 1.02. The first-order chi connectivity index (χ1) is 19.0. The molecule has 3 aromatic carbocycles. The van der Waals surface area contributed by atoms with Crippen molar-refractivity contribution in [3.8, 4) is 5.75 Å². The molecule has 5 rings (SSSR count). The van der Waals surface area contributed by atoms with Gasteiger partial charge in [-0.3, -0.25) is 4.79 Å². The minimum atomic E-state index is -0.194. The second kappa shape index (κ2) is 12.9.